The molecule has 0 fully saturated rings. The van der Waals surface area contributed by atoms with E-state index in [1.54, 1.807) is 0 Å². The van der Waals surface area contributed by atoms with Crippen LogP contribution in [0.1, 0.15) is 32.6 Å². The van der Waals surface area contributed by atoms with Gasteiger partial charge >= 0.3 is 24.5 Å². The summed E-state index contributed by atoms with van der Waals surface area (Å²) in [6.07, 6.45) is -14.9. The molecular formula is C32H22F9NO4. The average molecular weight is 656 g/mol. The molecule has 46 heavy (non-hydrogen) atoms. The number of nitrogens with one attached hydrogen (secondary N) is 1. The molecule has 14 heteroatoms. The molecule has 0 aliphatic rings. The van der Waals surface area contributed by atoms with Crippen molar-refractivity contribution in [2.24, 2.45) is 0 Å². The lowest BCUT2D eigenvalue weighted by Crippen LogP contribution is -2.43. The number of benzene rings is 4. The number of hydrogen-bond donors (Lipinski definition) is 2. The fourth-order valence-electron chi connectivity index (χ4n) is 4.51. The minimum absolute atomic E-state index is 0.0124. The second kappa shape index (κ2) is 12.8. The molecule has 0 radical (unpaired) electrons. The molecule has 0 heterocycles. The number of alkyl halides is 9. The lowest BCUT2D eigenvalue weighted by atomic mass is 9.97. The van der Waals surface area contributed by atoms with Crippen LogP contribution < -0.4 is 5.32 Å². The normalized spacial score (nSPS) is 12.8. The Hall–Kier alpha value is -5.01. The molecule has 1 atom stereocenters. The van der Waals surface area contributed by atoms with Crippen molar-refractivity contribution in [1.82, 2.24) is 5.32 Å². The third-order valence-electron chi connectivity index (χ3n) is 6.89. The molecule has 4 aromatic carbocycles. The van der Waals surface area contributed by atoms with Gasteiger partial charge in [0.25, 0.3) is 5.91 Å². The summed E-state index contributed by atoms with van der Waals surface area (Å²) in [6, 6.07) is 12.8. The van der Waals surface area contributed by atoms with Crippen molar-refractivity contribution >= 4 is 11.9 Å². The van der Waals surface area contributed by atoms with Gasteiger partial charge < -0.3 is 15.2 Å². The van der Waals surface area contributed by atoms with Gasteiger partial charge in [-0.2, -0.15) is 39.5 Å². The largest absolute Gasteiger partial charge is 0.507 e. The fourth-order valence-corrected chi connectivity index (χ4v) is 4.51. The molecule has 0 saturated carbocycles. The summed E-state index contributed by atoms with van der Waals surface area (Å²) >= 11 is 0. The molecule has 4 aromatic rings. The number of carbonyl (C=O) groups excluding carboxylic acids is 2. The van der Waals surface area contributed by atoms with Crippen LogP contribution in [0, 0.1) is 0 Å². The number of halogens is 9. The van der Waals surface area contributed by atoms with Gasteiger partial charge in [0.15, 0.2) is 0 Å². The molecule has 242 valence electrons. The summed E-state index contributed by atoms with van der Waals surface area (Å²) in [5.74, 6) is -2.36. The summed E-state index contributed by atoms with van der Waals surface area (Å²) < 4.78 is 123. The Labute approximate surface area is 255 Å². The topological polar surface area (TPSA) is 75.6 Å². The third kappa shape index (κ3) is 7.98. The van der Waals surface area contributed by atoms with Crippen LogP contribution in [-0.4, -0.2) is 30.1 Å². The van der Waals surface area contributed by atoms with E-state index in [1.807, 2.05) is 0 Å². The SMILES string of the molecule is COC(=O)[C@H](Cc1ccc(-c2cc(C(F)(F)F)cc(C(F)(F)F)c2)cc1)NC(=O)c1cc(-c2ccc(C(F)(F)F)cc2)ccc1O. The van der Waals surface area contributed by atoms with Gasteiger partial charge in [-0.05, 0) is 70.3 Å². The first-order chi connectivity index (χ1) is 21.4. The summed E-state index contributed by atoms with van der Waals surface area (Å²) in [7, 11) is 1.04. The first-order valence-electron chi connectivity index (χ1n) is 13.1. The smallest absolute Gasteiger partial charge is 0.416 e. The van der Waals surface area contributed by atoms with Gasteiger partial charge in [-0.3, -0.25) is 4.79 Å². The van der Waals surface area contributed by atoms with E-state index in [1.165, 1.54) is 48.5 Å². The van der Waals surface area contributed by atoms with E-state index in [0.29, 0.717) is 23.3 Å². The molecule has 0 spiro atoms. The molecule has 0 saturated heterocycles. The van der Waals surface area contributed by atoms with Crippen molar-refractivity contribution in [1.29, 1.82) is 0 Å². The Morgan fingerprint density at radius 1 is 0.652 bits per heavy atom. The molecular weight excluding hydrogens is 633 g/mol. The highest BCUT2D eigenvalue weighted by molar-refractivity contribution is 6.00. The van der Waals surface area contributed by atoms with Crippen LogP contribution in [0.4, 0.5) is 39.5 Å². The summed E-state index contributed by atoms with van der Waals surface area (Å²) in [6.45, 7) is 0. The second-order valence-electron chi connectivity index (χ2n) is 10.1. The van der Waals surface area contributed by atoms with Crippen LogP contribution in [0.15, 0.2) is 84.9 Å². The van der Waals surface area contributed by atoms with Gasteiger partial charge in [0.05, 0.1) is 29.4 Å². The van der Waals surface area contributed by atoms with Gasteiger partial charge in [0, 0.05) is 6.42 Å². The average Bonchev–Trinajstić information content (AvgIpc) is 2.99. The number of rotatable bonds is 7. The summed E-state index contributed by atoms with van der Waals surface area (Å²) in [4.78, 5) is 25.6. The van der Waals surface area contributed by atoms with E-state index in [2.05, 4.69) is 5.32 Å². The molecule has 0 aliphatic carbocycles. The van der Waals surface area contributed by atoms with Crippen molar-refractivity contribution < 1.29 is 58.9 Å². The third-order valence-corrected chi connectivity index (χ3v) is 6.89. The number of methoxy groups -OCH3 is 1. The number of ether oxygens (including phenoxy) is 1. The van der Waals surface area contributed by atoms with Gasteiger partial charge in [0.1, 0.15) is 11.8 Å². The van der Waals surface area contributed by atoms with Crippen molar-refractivity contribution in [3.8, 4) is 28.0 Å². The molecule has 2 N–H and O–H groups in total. The van der Waals surface area contributed by atoms with E-state index in [4.69, 9.17) is 4.74 Å². The Balaban J connectivity index is 1.57. The highest BCUT2D eigenvalue weighted by Gasteiger charge is 2.37. The summed E-state index contributed by atoms with van der Waals surface area (Å²) in [5, 5.41) is 12.7. The van der Waals surface area contributed by atoms with E-state index in [0.717, 1.165) is 25.3 Å². The number of phenols is 1. The lowest BCUT2D eigenvalue weighted by molar-refractivity contribution is -0.144. The number of carbonyl (C=O) groups is 2. The zero-order chi connectivity index (χ0) is 34.0. The Morgan fingerprint density at radius 3 is 1.63 bits per heavy atom. The second-order valence-corrected chi connectivity index (χ2v) is 10.1. The van der Waals surface area contributed by atoms with Gasteiger partial charge in [-0.15, -0.1) is 0 Å². The number of amides is 1. The van der Waals surface area contributed by atoms with Crippen LogP contribution >= 0.6 is 0 Å². The molecule has 1 amide bonds. The molecule has 0 aliphatic heterocycles. The van der Waals surface area contributed by atoms with Crippen LogP contribution in [0.5, 0.6) is 5.75 Å². The Morgan fingerprint density at radius 2 is 1.13 bits per heavy atom. The number of hydrogen-bond acceptors (Lipinski definition) is 4. The predicted octanol–water partition coefficient (Wildman–Crippen LogP) is 8.30. The van der Waals surface area contributed by atoms with Crippen LogP contribution in [0.25, 0.3) is 22.3 Å². The van der Waals surface area contributed by atoms with Crippen molar-refractivity contribution in [2.45, 2.75) is 31.0 Å². The maximum absolute atomic E-state index is 13.3. The zero-order valence-corrected chi connectivity index (χ0v) is 23.4. The Kier molecular flexibility index (Phi) is 9.41. The minimum atomic E-state index is -5.03. The quantitative estimate of drug-likeness (QED) is 0.155. The maximum atomic E-state index is 13.3. The highest BCUT2D eigenvalue weighted by Crippen LogP contribution is 2.39. The first-order valence-corrected chi connectivity index (χ1v) is 13.1. The molecule has 0 unspecified atom stereocenters. The summed E-state index contributed by atoms with van der Waals surface area (Å²) in [5.41, 5.74) is -3.58. The van der Waals surface area contributed by atoms with E-state index >= 15 is 0 Å². The first kappa shape index (κ1) is 33.9. The lowest BCUT2D eigenvalue weighted by Gasteiger charge is -2.18. The van der Waals surface area contributed by atoms with Crippen molar-refractivity contribution in [2.75, 3.05) is 7.11 Å². The standard InChI is InChI=1S/C32H22F9NO4/c1-46-29(45)26(42-28(44)25-15-20(8-11-27(25)43)18-6-9-22(10-7-18)30(33,34)35)12-17-2-4-19(5-3-17)21-13-23(31(36,37)38)16-24(14-21)32(39,40)41/h2-11,13-16,26,43H,12H2,1H3,(H,42,44)/t26-/m0/s1. The predicted molar refractivity (Wildman–Crippen MR) is 147 cm³/mol. The molecule has 5 nitrogen and oxygen atoms in total. The molecule has 0 aromatic heterocycles. The van der Waals surface area contributed by atoms with E-state index in [9.17, 15) is 54.2 Å². The van der Waals surface area contributed by atoms with E-state index < -0.39 is 58.9 Å². The molecule has 4 rings (SSSR count). The molecule has 0 bridgehead atoms. The van der Waals surface area contributed by atoms with Crippen LogP contribution in [0.3, 0.4) is 0 Å². The Bertz CT molecular complexity index is 1700. The van der Waals surface area contributed by atoms with E-state index in [-0.39, 0.29) is 34.7 Å². The van der Waals surface area contributed by atoms with Crippen molar-refractivity contribution in [3.05, 3.63) is 113 Å². The maximum Gasteiger partial charge on any atom is 0.416 e. The number of phenolic OH excluding ortho intramolecular Hbond substituents is 1. The van der Waals surface area contributed by atoms with Gasteiger partial charge in [0.2, 0.25) is 0 Å². The van der Waals surface area contributed by atoms with Gasteiger partial charge in [-0.25, -0.2) is 4.79 Å². The monoisotopic (exact) mass is 655 g/mol. The minimum Gasteiger partial charge on any atom is -0.507 e. The fraction of sp³-hybridized carbons (Fsp3) is 0.188. The number of esters is 1. The van der Waals surface area contributed by atoms with Crippen LogP contribution in [-0.2, 0) is 34.5 Å². The highest BCUT2D eigenvalue weighted by atomic mass is 19.4. The van der Waals surface area contributed by atoms with Crippen LogP contribution in [0.2, 0.25) is 0 Å². The number of aromatic hydroxyl groups is 1. The zero-order valence-electron chi connectivity index (χ0n) is 23.4. The van der Waals surface area contributed by atoms with Crippen molar-refractivity contribution in [3.63, 3.8) is 0 Å². The van der Waals surface area contributed by atoms with Gasteiger partial charge in [-0.1, -0.05) is 42.5 Å².